The van der Waals surface area contributed by atoms with Gasteiger partial charge in [-0.05, 0) is 26.2 Å². The van der Waals surface area contributed by atoms with Crippen molar-refractivity contribution in [2.45, 2.75) is 63.2 Å². The number of amides is 5. The van der Waals surface area contributed by atoms with E-state index in [0.29, 0.717) is 0 Å². The Morgan fingerprint density at radius 1 is 0.794 bits per heavy atom. The van der Waals surface area contributed by atoms with Crippen molar-refractivity contribution in [3.8, 4) is 0 Å². The second-order valence-electron chi connectivity index (χ2n) is 7.43. The number of nitrogens with two attached hydrogens (primary N) is 5. The molecule has 0 aliphatic carbocycles. The topological polar surface area (TPSA) is 301 Å². The summed E-state index contributed by atoms with van der Waals surface area (Å²) < 4.78 is 0. The number of nitrogens with zero attached hydrogens (tertiary/aromatic N) is 1. The number of hydrogen-bond donors (Lipinski definition) is 9. The van der Waals surface area contributed by atoms with Gasteiger partial charge in [-0.2, -0.15) is 0 Å². The first kappa shape index (κ1) is 30.1. The summed E-state index contributed by atoms with van der Waals surface area (Å²) in [5, 5.41) is 16.1. The number of aliphatic imine (C=N–C) groups is 1. The molecular weight excluding hydrogens is 454 g/mol. The number of rotatable bonds is 16. The van der Waals surface area contributed by atoms with E-state index in [1.54, 1.807) is 0 Å². The highest BCUT2D eigenvalue weighted by Gasteiger charge is 2.30. The Morgan fingerprint density at radius 3 is 1.79 bits per heavy atom. The Balaban J connectivity index is 5.58. The Kier molecular flexibility index (Phi) is 13.2. The van der Waals surface area contributed by atoms with Crippen molar-refractivity contribution in [3.05, 3.63) is 0 Å². The fraction of sp³-hybridized carbons (Fsp3) is 0.611. The average Bonchev–Trinajstić information content (AvgIpc) is 2.71. The highest BCUT2D eigenvalue weighted by Crippen LogP contribution is 2.05. The number of guanidine groups is 1. The first-order chi connectivity index (χ1) is 15.7. The molecule has 0 aliphatic heterocycles. The maximum atomic E-state index is 12.8. The van der Waals surface area contributed by atoms with E-state index in [1.807, 2.05) is 0 Å². The number of nitrogens with one attached hydrogen (secondary N) is 3. The standard InChI is InChI=1S/C18H33N9O7/c1-8(19)14(30)27-11(7-13(21)29)16(32)25-9(3-2-6-24-18(22)23)15(31)26-10(17(33)34)4-5-12(20)28/h8-11H,2-7,19H2,1H3,(H2,20,28)(H2,21,29)(H,25,32)(H,26,31)(H,27,30)(H,33,34)(H4,22,23,24). The highest BCUT2D eigenvalue weighted by molar-refractivity contribution is 5.96. The molecule has 16 nitrogen and oxygen atoms in total. The molecule has 0 saturated heterocycles. The zero-order valence-corrected chi connectivity index (χ0v) is 18.8. The van der Waals surface area contributed by atoms with Crippen LogP contribution in [0.4, 0.5) is 0 Å². The van der Waals surface area contributed by atoms with Crippen LogP contribution in [-0.4, -0.2) is 77.3 Å². The van der Waals surface area contributed by atoms with Crippen LogP contribution >= 0.6 is 0 Å². The van der Waals surface area contributed by atoms with Crippen molar-refractivity contribution in [2.75, 3.05) is 6.54 Å². The smallest absolute Gasteiger partial charge is 0.326 e. The molecule has 0 bridgehead atoms. The third-order valence-electron chi connectivity index (χ3n) is 4.32. The van der Waals surface area contributed by atoms with E-state index in [2.05, 4.69) is 20.9 Å². The summed E-state index contributed by atoms with van der Waals surface area (Å²) in [4.78, 5) is 74.9. The van der Waals surface area contributed by atoms with Gasteiger partial charge in [0.2, 0.25) is 29.5 Å². The van der Waals surface area contributed by atoms with Crippen molar-refractivity contribution in [1.82, 2.24) is 16.0 Å². The Morgan fingerprint density at radius 2 is 1.32 bits per heavy atom. The van der Waals surface area contributed by atoms with Crippen LogP contribution in [0.3, 0.4) is 0 Å². The second-order valence-corrected chi connectivity index (χ2v) is 7.43. The predicted molar refractivity (Wildman–Crippen MR) is 119 cm³/mol. The molecule has 0 fully saturated rings. The zero-order valence-electron chi connectivity index (χ0n) is 18.8. The lowest BCUT2D eigenvalue weighted by Crippen LogP contribution is -2.57. The quantitative estimate of drug-likeness (QED) is 0.0567. The summed E-state index contributed by atoms with van der Waals surface area (Å²) in [5.41, 5.74) is 26.1. The maximum absolute atomic E-state index is 12.8. The molecule has 0 aromatic rings. The van der Waals surface area contributed by atoms with Gasteiger partial charge in [-0.3, -0.25) is 29.0 Å². The van der Waals surface area contributed by atoms with E-state index in [-0.39, 0.29) is 38.2 Å². The van der Waals surface area contributed by atoms with Crippen molar-refractivity contribution in [3.63, 3.8) is 0 Å². The van der Waals surface area contributed by atoms with Crippen LogP contribution in [0.1, 0.15) is 39.0 Å². The third kappa shape index (κ3) is 12.8. The van der Waals surface area contributed by atoms with Gasteiger partial charge in [-0.15, -0.1) is 0 Å². The van der Waals surface area contributed by atoms with E-state index in [4.69, 9.17) is 28.7 Å². The summed E-state index contributed by atoms with van der Waals surface area (Å²) in [6, 6.07) is -5.20. The van der Waals surface area contributed by atoms with Crippen molar-refractivity contribution < 1.29 is 33.9 Å². The van der Waals surface area contributed by atoms with Gasteiger partial charge < -0.3 is 49.7 Å². The summed E-state index contributed by atoms with van der Waals surface area (Å²) in [7, 11) is 0. The van der Waals surface area contributed by atoms with Gasteiger partial charge in [0.25, 0.3) is 0 Å². The fourth-order valence-electron chi connectivity index (χ4n) is 2.57. The van der Waals surface area contributed by atoms with Gasteiger partial charge in [-0.25, -0.2) is 4.79 Å². The Labute approximate surface area is 195 Å². The molecule has 4 atom stereocenters. The largest absolute Gasteiger partial charge is 0.480 e. The van der Waals surface area contributed by atoms with Crippen LogP contribution in [0, 0.1) is 0 Å². The Bertz CT molecular complexity index is 797. The van der Waals surface area contributed by atoms with Crippen LogP contribution in [0.15, 0.2) is 4.99 Å². The van der Waals surface area contributed by atoms with E-state index in [9.17, 15) is 33.9 Å². The van der Waals surface area contributed by atoms with Crippen molar-refractivity contribution in [2.24, 2.45) is 33.7 Å². The van der Waals surface area contributed by atoms with Crippen LogP contribution in [0.5, 0.6) is 0 Å². The second kappa shape index (κ2) is 15.0. The number of carbonyl (C=O) groups is 6. The van der Waals surface area contributed by atoms with Gasteiger partial charge >= 0.3 is 5.97 Å². The molecule has 16 heteroatoms. The van der Waals surface area contributed by atoms with Gasteiger partial charge in [0.05, 0.1) is 12.5 Å². The third-order valence-corrected chi connectivity index (χ3v) is 4.32. The van der Waals surface area contributed by atoms with E-state index in [1.165, 1.54) is 6.92 Å². The SMILES string of the molecule is CC(N)C(=O)NC(CC(N)=O)C(=O)NC(CCCN=C(N)N)C(=O)NC(CCC(N)=O)C(=O)O. The van der Waals surface area contributed by atoms with Crippen LogP contribution in [0.25, 0.3) is 0 Å². The number of hydrogen-bond acceptors (Lipinski definition) is 8. The molecule has 34 heavy (non-hydrogen) atoms. The minimum absolute atomic E-state index is 0.0406. The van der Waals surface area contributed by atoms with Gasteiger partial charge in [-0.1, -0.05) is 0 Å². The lowest BCUT2D eigenvalue weighted by molar-refractivity contribution is -0.142. The molecule has 0 rings (SSSR count). The first-order valence-electron chi connectivity index (χ1n) is 10.3. The van der Waals surface area contributed by atoms with Crippen LogP contribution in [0.2, 0.25) is 0 Å². The molecule has 0 spiro atoms. The molecule has 5 amide bonds. The molecule has 0 aromatic carbocycles. The molecule has 14 N–H and O–H groups in total. The summed E-state index contributed by atoms with van der Waals surface area (Å²) in [6.07, 6.45) is -1.01. The van der Waals surface area contributed by atoms with Gasteiger partial charge in [0.15, 0.2) is 5.96 Å². The molecule has 192 valence electrons. The average molecular weight is 488 g/mol. The van der Waals surface area contributed by atoms with E-state index < -0.39 is 66.1 Å². The van der Waals surface area contributed by atoms with Crippen molar-refractivity contribution in [1.29, 1.82) is 0 Å². The molecule has 0 heterocycles. The molecule has 0 aromatic heterocycles. The molecule has 0 aliphatic rings. The summed E-state index contributed by atoms with van der Waals surface area (Å²) in [6.45, 7) is 1.45. The molecule has 0 radical (unpaired) electrons. The maximum Gasteiger partial charge on any atom is 0.326 e. The molecule has 4 unspecified atom stereocenters. The summed E-state index contributed by atoms with van der Waals surface area (Å²) >= 11 is 0. The minimum Gasteiger partial charge on any atom is -0.480 e. The zero-order chi connectivity index (χ0) is 26.4. The lowest BCUT2D eigenvalue weighted by Gasteiger charge is -2.24. The molecular formula is C18H33N9O7. The Hall–Kier alpha value is -3.95. The van der Waals surface area contributed by atoms with E-state index in [0.717, 1.165) is 0 Å². The van der Waals surface area contributed by atoms with Crippen molar-refractivity contribution >= 4 is 41.5 Å². The molecule has 0 saturated carbocycles. The lowest BCUT2D eigenvalue weighted by atomic mass is 10.1. The first-order valence-corrected chi connectivity index (χ1v) is 10.3. The van der Waals surface area contributed by atoms with Crippen LogP contribution < -0.4 is 44.6 Å². The highest BCUT2D eigenvalue weighted by atomic mass is 16.4. The van der Waals surface area contributed by atoms with E-state index >= 15 is 0 Å². The van der Waals surface area contributed by atoms with Gasteiger partial charge in [0, 0.05) is 13.0 Å². The van der Waals surface area contributed by atoms with Crippen LogP contribution in [-0.2, 0) is 28.8 Å². The number of carbonyl (C=O) groups excluding carboxylic acids is 5. The number of carboxylic acids is 1. The fourth-order valence-corrected chi connectivity index (χ4v) is 2.57. The number of primary amides is 2. The minimum atomic E-state index is -1.46. The monoisotopic (exact) mass is 487 g/mol. The van der Waals surface area contributed by atoms with Gasteiger partial charge in [0.1, 0.15) is 18.1 Å². The number of aliphatic carboxylic acids is 1. The predicted octanol–water partition coefficient (Wildman–Crippen LogP) is -4.93. The number of carboxylic acid groups (broad SMARTS) is 1. The summed E-state index contributed by atoms with van der Waals surface area (Å²) in [5.74, 6) is -5.85. The normalized spacial score (nSPS) is 13.9.